The normalized spacial score (nSPS) is 19.3. The molecule has 6 nitrogen and oxygen atoms in total. The quantitative estimate of drug-likeness (QED) is 0.500. The van der Waals surface area contributed by atoms with Gasteiger partial charge in [0.1, 0.15) is 0 Å². The van der Waals surface area contributed by atoms with Crippen LogP contribution in [-0.4, -0.2) is 56.1 Å². The molecule has 37 heavy (non-hydrogen) atoms. The number of hydrogen-bond donors (Lipinski definition) is 2. The van der Waals surface area contributed by atoms with Gasteiger partial charge >= 0.3 is 6.03 Å². The Balaban J connectivity index is 1.42. The molecule has 2 aliphatic rings. The van der Waals surface area contributed by atoms with Crippen LogP contribution in [0.1, 0.15) is 33.0 Å². The number of carbonyl (C=O) groups is 2. The van der Waals surface area contributed by atoms with Crippen LogP contribution in [0.3, 0.4) is 0 Å². The highest BCUT2D eigenvalue weighted by molar-refractivity contribution is 6.40. The molecule has 2 N–H and O–H groups in total. The van der Waals surface area contributed by atoms with E-state index in [0.717, 1.165) is 6.07 Å². The highest BCUT2D eigenvalue weighted by Crippen LogP contribution is 2.37. The lowest BCUT2D eigenvalue weighted by atomic mass is 9.94. The van der Waals surface area contributed by atoms with Crippen LogP contribution in [0.5, 0.6) is 0 Å². The lowest BCUT2D eigenvalue weighted by Gasteiger charge is -2.21. The first-order valence-electron chi connectivity index (χ1n) is 12.1. The molecule has 3 aromatic rings. The molecular formula is C29H27F2N3O3. The summed E-state index contributed by atoms with van der Waals surface area (Å²) in [4.78, 5) is 28.7. The molecular weight excluding hydrogens is 476 g/mol. The van der Waals surface area contributed by atoms with Crippen molar-refractivity contribution in [3.05, 3.63) is 107 Å². The number of nitrogens with zero attached hydrogens (tertiary/aromatic N) is 1. The number of benzene rings is 3. The van der Waals surface area contributed by atoms with Crippen molar-refractivity contribution in [1.82, 2.24) is 15.5 Å². The zero-order valence-electron chi connectivity index (χ0n) is 20.3. The van der Waals surface area contributed by atoms with Gasteiger partial charge in [0.15, 0.2) is 17.4 Å². The summed E-state index contributed by atoms with van der Waals surface area (Å²) in [5, 5.41) is 5.94. The Hall–Kier alpha value is -3.88. The van der Waals surface area contributed by atoms with E-state index in [1.54, 1.807) is 25.3 Å². The maximum atomic E-state index is 14.0. The van der Waals surface area contributed by atoms with Gasteiger partial charge in [0.25, 0.3) is 0 Å². The Morgan fingerprint density at radius 3 is 2.43 bits per heavy atom. The standard InChI is InChI=1S/C29H27F2N3O3/c1-37-14-13-34-16-22(19-11-12-23(30)24(31)15-19)25(17-34)32-29(36)33-27-20-9-5-6-10-21(20)28(35)26(27)18-7-3-2-4-8-18/h2-12,15,22,25H,13-14,16-17H2,1H3,(H2,32,33,36). The summed E-state index contributed by atoms with van der Waals surface area (Å²) in [7, 11) is 1.62. The number of nitrogens with one attached hydrogen (secondary N) is 2. The number of urea groups is 1. The summed E-state index contributed by atoms with van der Waals surface area (Å²) in [6.45, 7) is 2.22. The third kappa shape index (κ3) is 5.03. The summed E-state index contributed by atoms with van der Waals surface area (Å²) < 4.78 is 32.8. The second kappa shape index (κ2) is 10.6. The third-order valence-electron chi connectivity index (χ3n) is 6.91. The Bertz CT molecular complexity index is 1360. The van der Waals surface area contributed by atoms with Gasteiger partial charge in [0.2, 0.25) is 0 Å². The summed E-state index contributed by atoms with van der Waals surface area (Å²) in [5.74, 6) is -2.24. The summed E-state index contributed by atoms with van der Waals surface area (Å²) >= 11 is 0. The lowest BCUT2D eigenvalue weighted by Crippen LogP contribution is -2.45. The maximum Gasteiger partial charge on any atom is 0.319 e. The van der Waals surface area contributed by atoms with Crippen LogP contribution >= 0.6 is 0 Å². The van der Waals surface area contributed by atoms with Crippen LogP contribution < -0.4 is 10.6 Å². The molecule has 0 radical (unpaired) electrons. The van der Waals surface area contributed by atoms with Gasteiger partial charge in [-0.1, -0.05) is 60.7 Å². The SMILES string of the molecule is COCCN1CC(NC(=O)NC2=C(c3ccccc3)C(=O)c3ccccc32)C(c2ccc(F)c(F)c2)C1. The second-order valence-corrected chi connectivity index (χ2v) is 9.23. The van der Waals surface area contributed by atoms with E-state index in [1.165, 1.54) is 6.07 Å². The Morgan fingerprint density at radius 1 is 0.973 bits per heavy atom. The fourth-order valence-corrected chi connectivity index (χ4v) is 5.13. The third-order valence-corrected chi connectivity index (χ3v) is 6.91. The van der Waals surface area contributed by atoms with Crippen molar-refractivity contribution in [1.29, 1.82) is 0 Å². The van der Waals surface area contributed by atoms with Crippen molar-refractivity contribution >= 4 is 23.1 Å². The molecule has 0 bridgehead atoms. The lowest BCUT2D eigenvalue weighted by molar-refractivity contribution is 0.105. The molecule has 0 spiro atoms. The van der Waals surface area contributed by atoms with Crippen molar-refractivity contribution in [2.45, 2.75) is 12.0 Å². The van der Waals surface area contributed by atoms with Crippen LogP contribution in [-0.2, 0) is 4.74 Å². The van der Waals surface area contributed by atoms with Crippen molar-refractivity contribution in [2.24, 2.45) is 0 Å². The van der Waals surface area contributed by atoms with Gasteiger partial charge in [-0.25, -0.2) is 13.6 Å². The highest BCUT2D eigenvalue weighted by atomic mass is 19.2. The van der Waals surface area contributed by atoms with E-state index in [0.29, 0.717) is 59.8 Å². The van der Waals surface area contributed by atoms with Crippen LogP contribution in [0.2, 0.25) is 0 Å². The van der Waals surface area contributed by atoms with Gasteiger partial charge in [-0.05, 0) is 23.3 Å². The van der Waals surface area contributed by atoms with Crippen LogP contribution in [0.4, 0.5) is 13.6 Å². The van der Waals surface area contributed by atoms with Crippen LogP contribution in [0, 0.1) is 11.6 Å². The minimum absolute atomic E-state index is 0.150. The Labute approximate surface area is 213 Å². The molecule has 1 saturated heterocycles. The van der Waals surface area contributed by atoms with Crippen molar-refractivity contribution in [3.63, 3.8) is 0 Å². The number of allylic oxidation sites excluding steroid dienone is 1. The summed E-state index contributed by atoms with van der Waals surface area (Å²) in [6.07, 6.45) is 0. The summed E-state index contributed by atoms with van der Waals surface area (Å²) in [6, 6.07) is 19.4. The molecule has 0 aromatic heterocycles. The molecule has 2 atom stereocenters. The van der Waals surface area contributed by atoms with Gasteiger partial charge in [0, 0.05) is 43.8 Å². The Morgan fingerprint density at radius 2 is 1.70 bits per heavy atom. The predicted octanol–water partition coefficient (Wildman–Crippen LogP) is 4.44. The first-order chi connectivity index (χ1) is 18.0. The number of likely N-dealkylation sites (tertiary alicyclic amines) is 1. The number of rotatable bonds is 7. The minimum atomic E-state index is -0.922. The molecule has 2 unspecified atom stereocenters. The smallest absolute Gasteiger partial charge is 0.319 e. The van der Waals surface area contributed by atoms with E-state index in [-0.39, 0.29) is 17.7 Å². The fraction of sp³-hybridized carbons (Fsp3) is 0.241. The monoisotopic (exact) mass is 503 g/mol. The van der Waals surface area contributed by atoms with Crippen molar-refractivity contribution in [3.8, 4) is 0 Å². The average Bonchev–Trinajstić information content (AvgIpc) is 3.43. The van der Waals surface area contributed by atoms with Crippen LogP contribution in [0.15, 0.2) is 72.8 Å². The number of ketones is 1. The fourth-order valence-electron chi connectivity index (χ4n) is 5.13. The van der Waals surface area contributed by atoms with Gasteiger partial charge < -0.3 is 15.4 Å². The van der Waals surface area contributed by atoms with Gasteiger partial charge in [-0.15, -0.1) is 0 Å². The molecule has 3 aromatic carbocycles. The molecule has 1 aliphatic heterocycles. The first kappa shape index (κ1) is 24.8. The molecule has 1 fully saturated rings. The molecule has 8 heteroatoms. The zero-order valence-corrected chi connectivity index (χ0v) is 20.3. The minimum Gasteiger partial charge on any atom is -0.383 e. The molecule has 0 saturated carbocycles. The molecule has 190 valence electrons. The van der Waals surface area contributed by atoms with Gasteiger partial charge in [-0.2, -0.15) is 0 Å². The highest BCUT2D eigenvalue weighted by Gasteiger charge is 2.36. The van der Waals surface area contributed by atoms with Crippen LogP contribution in [0.25, 0.3) is 11.3 Å². The largest absolute Gasteiger partial charge is 0.383 e. The topological polar surface area (TPSA) is 70.7 Å². The first-order valence-corrected chi connectivity index (χ1v) is 12.1. The van der Waals surface area contributed by atoms with E-state index < -0.39 is 17.7 Å². The Kier molecular flexibility index (Phi) is 7.12. The van der Waals surface area contributed by atoms with Crippen molar-refractivity contribution < 1.29 is 23.1 Å². The zero-order chi connectivity index (χ0) is 25.9. The number of carbonyl (C=O) groups excluding carboxylic acids is 2. The van der Waals surface area contributed by atoms with Crippen molar-refractivity contribution in [2.75, 3.05) is 33.4 Å². The number of halogens is 2. The average molecular weight is 504 g/mol. The van der Waals surface area contributed by atoms with E-state index in [4.69, 9.17) is 4.74 Å². The predicted molar refractivity (Wildman–Crippen MR) is 137 cm³/mol. The van der Waals surface area contributed by atoms with Gasteiger partial charge in [-0.3, -0.25) is 9.69 Å². The van der Waals surface area contributed by atoms with Gasteiger partial charge in [0.05, 0.1) is 23.9 Å². The number of methoxy groups -OCH3 is 1. The number of amides is 2. The second-order valence-electron chi connectivity index (χ2n) is 9.23. The summed E-state index contributed by atoms with van der Waals surface area (Å²) in [5.41, 5.74) is 3.39. The molecule has 1 aliphatic carbocycles. The van der Waals surface area contributed by atoms with E-state index in [1.807, 2.05) is 42.5 Å². The van der Waals surface area contributed by atoms with E-state index in [9.17, 15) is 18.4 Å². The number of fused-ring (bicyclic) bond motifs is 1. The molecule has 5 rings (SSSR count). The van der Waals surface area contributed by atoms with E-state index in [2.05, 4.69) is 15.5 Å². The maximum absolute atomic E-state index is 14.0. The van der Waals surface area contributed by atoms with E-state index >= 15 is 0 Å². The molecule has 1 heterocycles. The number of hydrogen-bond acceptors (Lipinski definition) is 4. The molecule has 2 amide bonds. The number of Topliss-reactive ketones (excluding diaryl/α,β-unsaturated/α-hetero) is 1. The number of ether oxygens (including phenoxy) is 1.